The molecule has 2 aliphatic carbocycles. The number of likely N-dealkylation sites (tertiary alicyclic amines) is 1. The fourth-order valence-corrected chi connectivity index (χ4v) is 7.99. The van der Waals surface area contributed by atoms with Gasteiger partial charge in [0, 0.05) is 25.4 Å². The summed E-state index contributed by atoms with van der Waals surface area (Å²) < 4.78 is 77.0. The van der Waals surface area contributed by atoms with Gasteiger partial charge in [-0.3, -0.25) is 14.3 Å². The van der Waals surface area contributed by atoms with Gasteiger partial charge < -0.3 is 35.1 Å². The molecular weight excluding hydrogens is 735 g/mol. The molecule has 5 rings (SSSR count). The lowest BCUT2D eigenvalue weighted by molar-refractivity contribution is -0.244. The Balaban J connectivity index is 1.14. The Bertz CT molecular complexity index is 1740. The van der Waals surface area contributed by atoms with Crippen molar-refractivity contribution in [1.29, 1.82) is 0 Å². The van der Waals surface area contributed by atoms with Gasteiger partial charge in [0.25, 0.3) is 5.91 Å². The van der Waals surface area contributed by atoms with E-state index in [9.17, 15) is 45.6 Å². The van der Waals surface area contributed by atoms with Crippen LogP contribution in [0.1, 0.15) is 82.8 Å². The minimum absolute atomic E-state index is 0.00792. The molecule has 4 aliphatic rings. The Hall–Kier alpha value is -4.19. The SMILES string of the molecule is CC(C)(OC(=O)N[C@@H](CCCCC/C=C\[C@@H]1C[C@]1(N)C(=O)NS(=O)(=O)C1CC1)C(=O)N1C[C@H](OC(=O)N2CCc3ccccc3C2)C[C@H]1C=O)C(F)(F)F. The second-order valence-electron chi connectivity index (χ2n) is 15.1. The third-order valence-electron chi connectivity index (χ3n) is 10.4. The largest absolute Gasteiger partial charge is 0.444 e. The van der Waals surface area contributed by atoms with Crippen LogP contribution in [0.2, 0.25) is 0 Å². The average molecular weight is 784 g/mol. The summed E-state index contributed by atoms with van der Waals surface area (Å²) in [6.07, 6.45) is 0.383. The Morgan fingerprint density at radius 3 is 2.46 bits per heavy atom. The first-order valence-corrected chi connectivity index (χ1v) is 19.7. The number of alkyl halides is 3. The second-order valence-corrected chi connectivity index (χ2v) is 17.0. The number of allylic oxidation sites excluding steroid dienone is 1. The maximum atomic E-state index is 13.8. The fourth-order valence-electron chi connectivity index (χ4n) is 6.62. The zero-order chi connectivity index (χ0) is 39.5. The molecule has 18 heteroatoms. The molecule has 54 heavy (non-hydrogen) atoms. The predicted octanol–water partition coefficient (Wildman–Crippen LogP) is 3.62. The summed E-state index contributed by atoms with van der Waals surface area (Å²) in [4.78, 5) is 66.8. The molecule has 1 aromatic rings. The standard InChI is InChI=1S/C36H48F3N5O9S/c1-34(2,36(37,38)39)53-32(48)41-29(13-7-5-3-4-6-12-25-19-35(25,40)31(47)42-54(50,51)28-14-15-28)30(46)44-21-27(18-26(44)22-45)52-33(49)43-17-16-23-10-8-9-11-24(23)20-43/h6,8-12,22,25-29H,3-5,7,13-21,40H2,1-2H3,(H,41,48)(H,42,47)/b12-6-/t25-,26+,27-,29+,35-/m1/s1. The second kappa shape index (κ2) is 16.3. The van der Waals surface area contributed by atoms with Crippen molar-refractivity contribution >= 4 is 40.3 Å². The molecule has 2 heterocycles. The van der Waals surface area contributed by atoms with E-state index in [-0.39, 0.29) is 25.3 Å². The molecule has 0 aromatic heterocycles. The van der Waals surface area contributed by atoms with Crippen LogP contribution in [0, 0.1) is 5.92 Å². The Labute approximate surface area is 312 Å². The minimum atomic E-state index is -4.88. The van der Waals surface area contributed by atoms with E-state index in [0.29, 0.717) is 84.6 Å². The van der Waals surface area contributed by atoms with Crippen LogP contribution in [-0.4, -0.2) is 102 Å². The first kappa shape index (κ1) is 41.0. The lowest BCUT2D eigenvalue weighted by Gasteiger charge is -2.30. The van der Waals surface area contributed by atoms with Crippen molar-refractivity contribution in [2.75, 3.05) is 13.1 Å². The lowest BCUT2D eigenvalue weighted by Crippen LogP contribution is -2.53. The summed E-state index contributed by atoms with van der Waals surface area (Å²) in [6, 6.07) is 5.38. The Morgan fingerprint density at radius 1 is 1.09 bits per heavy atom. The monoisotopic (exact) mass is 783 g/mol. The van der Waals surface area contributed by atoms with Crippen LogP contribution in [-0.2, 0) is 46.8 Å². The van der Waals surface area contributed by atoms with Crippen LogP contribution in [0.4, 0.5) is 22.8 Å². The average Bonchev–Trinajstić information content (AvgIpc) is 4.03. The van der Waals surface area contributed by atoms with E-state index in [1.165, 1.54) is 9.80 Å². The Morgan fingerprint density at radius 2 is 1.80 bits per heavy atom. The lowest BCUT2D eigenvalue weighted by atomic mass is 10.0. The van der Waals surface area contributed by atoms with Crippen LogP contribution in [0.3, 0.4) is 0 Å². The third-order valence-corrected chi connectivity index (χ3v) is 12.3. The number of rotatable bonds is 15. The molecule has 0 radical (unpaired) electrons. The van der Waals surface area contributed by atoms with Gasteiger partial charge >= 0.3 is 18.4 Å². The summed E-state index contributed by atoms with van der Waals surface area (Å²) in [7, 11) is -3.71. The number of carbonyl (C=O) groups excluding carboxylic acids is 5. The van der Waals surface area contributed by atoms with E-state index in [0.717, 1.165) is 11.1 Å². The molecule has 298 valence electrons. The number of nitrogens with one attached hydrogen (secondary N) is 2. The number of ether oxygens (including phenoxy) is 2. The van der Waals surface area contributed by atoms with Crippen molar-refractivity contribution in [3.63, 3.8) is 0 Å². The van der Waals surface area contributed by atoms with Crippen LogP contribution < -0.4 is 15.8 Å². The number of sulfonamides is 1. The maximum Gasteiger partial charge on any atom is 0.427 e. The zero-order valence-electron chi connectivity index (χ0n) is 30.3. The number of amides is 4. The molecule has 0 spiro atoms. The molecule has 5 atom stereocenters. The van der Waals surface area contributed by atoms with Gasteiger partial charge in [0.2, 0.25) is 21.5 Å². The molecule has 0 unspecified atom stereocenters. The highest BCUT2D eigenvalue weighted by Gasteiger charge is 2.57. The van der Waals surface area contributed by atoms with Crippen LogP contribution in [0.5, 0.6) is 0 Å². The predicted molar refractivity (Wildman–Crippen MR) is 188 cm³/mol. The molecule has 4 amide bonds. The summed E-state index contributed by atoms with van der Waals surface area (Å²) >= 11 is 0. The number of carbonyl (C=O) groups is 5. The molecule has 2 aliphatic heterocycles. The molecule has 14 nitrogen and oxygen atoms in total. The normalized spacial score (nSPS) is 24.7. The number of benzene rings is 1. The topological polar surface area (TPSA) is 195 Å². The summed E-state index contributed by atoms with van der Waals surface area (Å²) in [5.41, 5.74) is 4.10. The number of nitrogens with zero attached hydrogens (tertiary/aromatic N) is 2. The van der Waals surface area contributed by atoms with Crippen molar-refractivity contribution in [2.24, 2.45) is 11.7 Å². The van der Waals surface area contributed by atoms with Crippen molar-refractivity contribution in [1.82, 2.24) is 19.8 Å². The quantitative estimate of drug-likeness (QED) is 0.134. The minimum Gasteiger partial charge on any atom is -0.444 e. The zero-order valence-corrected chi connectivity index (χ0v) is 31.1. The maximum absolute atomic E-state index is 13.8. The molecule has 3 fully saturated rings. The molecular formula is C36H48F3N5O9S. The number of hydrogen-bond donors (Lipinski definition) is 3. The van der Waals surface area contributed by atoms with Crippen molar-refractivity contribution in [3.8, 4) is 0 Å². The van der Waals surface area contributed by atoms with Gasteiger partial charge in [0.15, 0.2) is 0 Å². The molecule has 1 saturated heterocycles. The number of hydrogen-bond acceptors (Lipinski definition) is 10. The van der Waals surface area contributed by atoms with Gasteiger partial charge in [-0.15, -0.1) is 0 Å². The van der Waals surface area contributed by atoms with Gasteiger partial charge in [0.1, 0.15) is 24.0 Å². The number of fused-ring (bicyclic) bond motifs is 1. The molecule has 4 N–H and O–H groups in total. The number of nitrogens with two attached hydrogens (primary N) is 1. The highest BCUT2D eigenvalue weighted by molar-refractivity contribution is 7.91. The van der Waals surface area contributed by atoms with Crippen LogP contribution in [0.25, 0.3) is 0 Å². The van der Waals surface area contributed by atoms with Crippen LogP contribution >= 0.6 is 0 Å². The highest BCUT2D eigenvalue weighted by Crippen LogP contribution is 2.43. The first-order valence-electron chi connectivity index (χ1n) is 18.2. The number of aldehydes is 1. The molecule has 2 saturated carbocycles. The van der Waals surface area contributed by atoms with Gasteiger partial charge in [0.05, 0.1) is 17.8 Å². The van der Waals surface area contributed by atoms with E-state index in [1.54, 1.807) is 6.08 Å². The summed E-state index contributed by atoms with van der Waals surface area (Å²) in [5, 5.41) is 1.71. The van der Waals surface area contributed by atoms with E-state index in [2.05, 4.69) is 14.8 Å². The fraction of sp³-hybridized carbons (Fsp3) is 0.639. The van der Waals surface area contributed by atoms with Crippen LogP contribution in [0.15, 0.2) is 36.4 Å². The van der Waals surface area contributed by atoms with E-state index >= 15 is 0 Å². The number of alkyl carbamates (subject to hydrolysis) is 1. The third kappa shape index (κ3) is 9.91. The van der Waals surface area contributed by atoms with E-state index in [4.69, 9.17) is 10.5 Å². The van der Waals surface area contributed by atoms with Crippen molar-refractivity contribution in [2.45, 2.75) is 125 Å². The van der Waals surface area contributed by atoms with E-state index < -0.39 is 74.8 Å². The smallest absolute Gasteiger partial charge is 0.427 e. The summed E-state index contributed by atoms with van der Waals surface area (Å²) in [6.45, 7) is 1.98. The number of halogens is 3. The van der Waals surface area contributed by atoms with Crippen molar-refractivity contribution in [3.05, 3.63) is 47.5 Å². The number of unbranched alkanes of at least 4 members (excludes halogenated alkanes) is 3. The highest BCUT2D eigenvalue weighted by atomic mass is 32.2. The van der Waals surface area contributed by atoms with Gasteiger partial charge in [-0.1, -0.05) is 49.3 Å². The first-order chi connectivity index (χ1) is 25.3. The molecule has 0 bridgehead atoms. The van der Waals surface area contributed by atoms with Gasteiger partial charge in [-0.05, 0) is 69.9 Å². The van der Waals surface area contributed by atoms with Gasteiger partial charge in [-0.2, -0.15) is 13.2 Å². The molecule has 1 aromatic carbocycles. The van der Waals surface area contributed by atoms with Gasteiger partial charge in [-0.25, -0.2) is 18.0 Å². The summed E-state index contributed by atoms with van der Waals surface area (Å²) in [5.74, 6) is -1.78. The van der Waals surface area contributed by atoms with Crippen molar-refractivity contribution < 1.29 is 55.0 Å². The van der Waals surface area contributed by atoms with E-state index in [1.807, 2.05) is 30.3 Å². The Kier molecular flexibility index (Phi) is 12.3.